The number of ether oxygens (including phenoxy) is 2. The summed E-state index contributed by atoms with van der Waals surface area (Å²) in [5.74, 6) is -0.177. The van der Waals surface area contributed by atoms with Crippen LogP contribution in [0.4, 0.5) is 0 Å². The second-order valence-corrected chi connectivity index (χ2v) is 7.99. The predicted molar refractivity (Wildman–Crippen MR) is 88.2 cm³/mol. The summed E-state index contributed by atoms with van der Waals surface area (Å²) in [5.41, 5.74) is 1.17. The van der Waals surface area contributed by atoms with Crippen molar-refractivity contribution in [3.8, 4) is 0 Å². The normalized spacial score (nSPS) is 22.9. The SMILES string of the molecule is O=C(NS(=O)(=O)c1ccc(C2CCCCC2)cc1)[C@H]1COCCO1. The van der Waals surface area contributed by atoms with Gasteiger partial charge >= 0.3 is 0 Å². The van der Waals surface area contributed by atoms with Crippen molar-refractivity contribution in [2.24, 2.45) is 0 Å². The van der Waals surface area contributed by atoms with E-state index in [0.717, 1.165) is 12.8 Å². The van der Waals surface area contributed by atoms with Gasteiger partial charge in [0.15, 0.2) is 6.10 Å². The van der Waals surface area contributed by atoms with Gasteiger partial charge in [0, 0.05) is 0 Å². The maximum atomic E-state index is 12.3. The monoisotopic (exact) mass is 353 g/mol. The Morgan fingerprint density at radius 3 is 2.38 bits per heavy atom. The summed E-state index contributed by atoms with van der Waals surface area (Å²) in [6.45, 7) is 0.773. The van der Waals surface area contributed by atoms with E-state index in [9.17, 15) is 13.2 Å². The third-order valence-electron chi connectivity index (χ3n) is 4.61. The van der Waals surface area contributed by atoms with Crippen LogP contribution in [-0.2, 0) is 24.3 Å². The van der Waals surface area contributed by atoms with Crippen LogP contribution in [0, 0.1) is 0 Å². The molecular weight excluding hydrogens is 330 g/mol. The molecular formula is C17H23NO5S. The van der Waals surface area contributed by atoms with Crippen LogP contribution in [-0.4, -0.2) is 40.2 Å². The number of hydrogen-bond donors (Lipinski definition) is 1. The van der Waals surface area contributed by atoms with Crippen molar-refractivity contribution in [3.63, 3.8) is 0 Å². The van der Waals surface area contributed by atoms with Gasteiger partial charge in [-0.25, -0.2) is 13.1 Å². The molecule has 24 heavy (non-hydrogen) atoms. The van der Waals surface area contributed by atoms with Gasteiger partial charge in [-0.3, -0.25) is 4.79 Å². The minimum absolute atomic E-state index is 0.0714. The molecule has 1 saturated heterocycles. The number of carbonyl (C=O) groups is 1. The van der Waals surface area contributed by atoms with Gasteiger partial charge in [-0.15, -0.1) is 0 Å². The third-order valence-corrected chi connectivity index (χ3v) is 5.97. The van der Waals surface area contributed by atoms with E-state index in [-0.39, 0.29) is 18.1 Å². The minimum atomic E-state index is -3.89. The molecule has 0 aromatic heterocycles. The molecule has 132 valence electrons. The molecule has 0 bridgehead atoms. The van der Waals surface area contributed by atoms with Gasteiger partial charge in [-0.1, -0.05) is 31.4 Å². The number of benzene rings is 1. The first-order valence-corrected chi connectivity index (χ1v) is 9.90. The average molecular weight is 353 g/mol. The summed E-state index contributed by atoms with van der Waals surface area (Å²) in [6, 6.07) is 6.85. The highest BCUT2D eigenvalue weighted by Crippen LogP contribution is 2.32. The van der Waals surface area contributed by atoms with E-state index in [1.807, 2.05) is 12.1 Å². The molecule has 6 nitrogen and oxygen atoms in total. The van der Waals surface area contributed by atoms with Gasteiger partial charge in [0.1, 0.15) is 0 Å². The zero-order valence-electron chi connectivity index (χ0n) is 13.6. The molecule has 2 aliphatic rings. The number of hydrogen-bond acceptors (Lipinski definition) is 5. The first-order chi connectivity index (χ1) is 11.6. The van der Waals surface area contributed by atoms with Crippen molar-refractivity contribution in [1.82, 2.24) is 4.72 Å². The van der Waals surface area contributed by atoms with Gasteiger partial charge in [0.2, 0.25) is 0 Å². The lowest BCUT2D eigenvalue weighted by molar-refractivity contribution is -0.145. The van der Waals surface area contributed by atoms with Crippen LogP contribution in [0.2, 0.25) is 0 Å². The van der Waals surface area contributed by atoms with E-state index in [4.69, 9.17) is 9.47 Å². The minimum Gasteiger partial charge on any atom is -0.376 e. The van der Waals surface area contributed by atoms with Gasteiger partial charge in [0.25, 0.3) is 15.9 Å². The second kappa shape index (κ2) is 7.63. The van der Waals surface area contributed by atoms with Crippen molar-refractivity contribution >= 4 is 15.9 Å². The summed E-state index contributed by atoms with van der Waals surface area (Å²) in [6.07, 6.45) is 5.16. The summed E-state index contributed by atoms with van der Waals surface area (Å²) in [7, 11) is -3.89. The summed E-state index contributed by atoms with van der Waals surface area (Å²) >= 11 is 0. The van der Waals surface area contributed by atoms with Crippen LogP contribution < -0.4 is 4.72 Å². The van der Waals surface area contributed by atoms with Gasteiger partial charge in [-0.2, -0.15) is 0 Å². The molecule has 1 amide bonds. The Bertz CT molecular complexity index is 659. The van der Waals surface area contributed by atoms with E-state index >= 15 is 0 Å². The molecule has 2 fully saturated rings. The van der Waals surface area contributed by atoms with Crippen LogP contribution in [0.25, 0.3) is 0 Å². The largest absolute Gasteiger partial charge is 0.376 e. The van der Waals surface area contributed by atoms with Crippen molar-refractivity contribution in [1.29, 1.82) is 0 Å². The number of carbonyl (C=O) groups excluding carboxylic acids is 1. The van der Waals surface area contributed by atoms with Crippen LogP contribution >= 0.6 is 0 Å². The van der Waals surface area contributed by atoms with Crippen molar-refractivity contribution in [2.75, 3.05) is 19.8 Å². The Kier molecular flexibility index (Phi) is 5.53. The molecule has 1 heterocycles. The first kappa shape index (κ1) is 17.4. The maximum absolute atomic E-state index is 12.3. The molecule has 1 saturated carbocycles. The Hall–Kier alpha value is -1.44. The molecule has 1 N–H and O–H groups in total. The van der Waals surface area contributed by atoms with Crippen LogP contribution in [0.1, 0.15) is 43.6 Å². The molecule has 0 unspecified atom stereocenters. The zero-order valence-corrected chi connectivity index (χ0v) is 14.4. The van der Waals surface area contributed by atoms with Crippen LogP contribution in [0.5, 0.6) is 0 Å². The third kappa shape index (κ3) is 4.15. The summed E-state index contributed by atoms with van der Waals surface area (Å²) in [4.78, 5) is 12.1. The summed E-state index contributed by atoms with van der Waals surface area (Å²) in [5, 5.41) is 0. The lowest BCUT2D eigenvalue weighted by Gasteiger charge is -2.23. The van der Waals surface area contributed by atoms with E-state index in [1.165, 1.54) is 24.8 Å². The Morgan fingerprint density at radius 1 is 1.04 bits per heavy atom. The predicted octanol–water partition coefficient (Wildman–Crippen LogP) is 1.95. The molecule has 1 aliphatic heterocycles. The molecule has 1 atom stereocenters. The van der Waals surface area contributed by atoms with E-state index < -0.39 is 22.0 Å². The molecule has 0 radical (unpaired) electrons. The number of sulfonamides is 1. The fraction of sp³-hybridized carbons (Fsp3) is 0.588. The van der Waals surface area contributed by atoms with Gasteiger partial charge in [0.05, 0.1) is 24.7 Å². The second-order valence-electron chi connectivity index (χ2n) is 6.31. The van der Waals surface area contributed by atoms with Crippen molar-refractivity contribution in [2.45, 2.75) is 49.0 Å². The van der Waals surface area contributed by atoms with Crippen molar-refractivity contribution < 1.29 is 22.7 Å². The zero-order chi connectivity index (χ0) is 17.0. The lowest BCUT2D eigenvalue weighted by atomic mass is 9.84. The topological polar surface area (TPSA) is 81.7 Å². The average Bonchev–Trinajstić information content (AvgIpc) is 2.63. The number of amides is 1. The standard InChI is InChI=1S/C17H23NO5S/c19-17(16-12-22-10-11-23-16)18-24(20,21)15-8-6-14(7-9-15)13-4-2-1-3-5-13/h6-9,13,16H,1-5,10-12H2,(H,18,19)/t16-/m1/s1. The number of rotatable bonds is 4. The van der Waals surface area contributed by atoms with E-state index in [0.29, 0.717) is 12.5 Å². The highest BCUT2D eigenvalue weighted by atomic mass is 32.2. The molecule has 1 aromatic carbocycles. The molecule has 1 aliphatic carbocycles. The molecule has 7 heteroatoms. The summed E-state index contributed by atoms with van der Waals surface area (Å²) < 4.78 is 37.1. The lowest BCUT2D eigenvalue weighted by Crippen LogP contribution is -2.44. The van der Waals surface area contributed by atoms with Gasteiger partial charge in [-0.05, 0) is 36.5 Å². The quantitative estimate of drug-likeness (QED) is 0.895. The van der Waals surface area contributed by atoms with Crippen LogP contribution in [0.15, 0.2) is 29.2 Å². The highest BCUT2D eigenvalue weighted by Gasteiger charge is 2.27. The fourth-order valence-electron chi connectivity index (χ4n) is 3.25. The first-order valence-electron chi connectivity index (χ1n) is 8.42. The molecule has 3 rings (SSSR count). The number of nitrogens with one attached hydrogen (secondary N) is 1. The smallest absolute Gasteiger partial charge is 0.265 e. The Balaban J connectivity index is 1.66. The van der Waals surface area contributed by atoms with E-state index in [2.05, 4.69) is 4.72 Å². The van der Waals surface area contributed by atoms with Crippen LogP contribution in [0.3, 0.4) is 0 Å². The van der Waals surface area contributed by atoms with E-state index in [1.54, 1.807) is 12.1 Å². The molecule has 1 aromatic rings. The fourth-order valence-corrected chi connectivity index (χ4v) is 4.26. The Morgan fingerprint density at radius 2 is 1.75 bits per heavy atom. The maximum Gasteiger partial charge on any atom is 0.265 e. The Labute approximate surface area is 142 Å². The molecule has 0 spiro atoms. The van der Waals surface area contributed by atoms with Gasteiger partial charge < -0.3 is 9.47 Å². The van der Waals surface area contributed by atoms with Crippen molar-refractivity contribution in [3.05, 3.63) is 29.8 Å². The highest BCUT2D eigenvalue weighted by molar-refractivity contribution is 7.90.